The third-order valence-electron chi connectivity index (χ3n) is 4.87. The normalized spacial score (nSPS) is 16.2. The average molecular weight is 451 g/mol. The van der Waals surface area contributed by atoms with Gasteiger partial charge < -0.3 is 14.8 Å². The molecule has 2 aromatic rings. The van der Waals surface area contributed by atoms with Crippen molar-refractivity contribution < 1.29 is 27.1 Å². The van der Waals surface area contributed by atoms with Crippen LogP contribution in [-0.2, 0) is 14.8 Å². The van der Waals surface area contributed by atoms with Crippen LogP contribution in [-0.4, -0.2) is 46.7 Å². The quantitative estimate of drug-likeness (QED) is 0.514. The monoisotopic (exact) mass is 450 g/mol. The van der Waals surface area contributed by atoms with E-state index in [4.69, 9.17) is 9.47 Å². The van der Waals surface area contributed by atoms with E-state index in [1.165, 1.54) is 24.3 Å². The molecule has 1 unspecified atom stereocenters. The van der Waals surface area contributed by atoms with Gasteiger partial charge >= 0.3 is 0 Å². The molecule has 1 saturated heterocycles. The molecule has 1 amide bonds. The third kappa shape index (κ3) is 7.30. The Morgan fingerprint density at radius 3 is 2.71 bits per heavy atom. The SMILES string of the molecule is O=C(NCCCCOc1ccc(F)cc1)c1cccc(S(=O)(=O)NCC2CCCO2)c1. The molecule has 1 aliphatic rings. The van der Waals surface area contributed by atoms with Crippen molar-refractivity contribution in [3.05, 3.63) is 59.9 Å². The number of amides is 1. The fourth-order valence-electron chi connectivity index (χ4n) is 3.15. The van der Waals surface area contributed by atoms with Crippen LogP contribution in [0.4, 0.5) is 4.39 Å². The number of carbonyl (C=O) groups excluding carboxylic acids is 1. The summed E-state index contributed by atoms with van der Waals surface area (Å²) < 4.78 is 51.3. The van der Waals surface area contributed by atoms with Gasteiger partial charge in [-0.1, -0.05) is 6.07 Å². The molecule has 2 aromatic carbocycles. The predicted octanol–water partition coefficient (Wildman–Crippen LogP) is 2.87. The molecule has 0 saturated carbocycles. The standard InChI is InChI=1S/C22H27FN2O5S/c23-18-8-10-19(11-9-18)29-13-2-1-12-24-22(26)17-5-3-7-21(15-17)31(27,28)25-16-20-6-4-14-30-20/h3,5,7-11,15,20,25H,1-2,4,6,12-14,16H2,(H,24,26). The van der Waals surface area contributed by atoms with Crippen LogP contribution in [0.2, 0.25) is 0 Å². The third-order valence-corrected chi connectivity index (χ3v) is 6.29. The van der Waals surface area contributed by atoms with E-state index in [0.717, 1.165) is 12.8 Å². The van der Waals surface area contributed by atoms with E-state index < -0.39 is 10.0 Å². The number of hydrogen-bond acceptors (Lipinski definition) is 5. The Kier molecular flexibility index (Phi) is 8.39. The Morgan fingerprint density at radius 2 is 1.97 bits per heavy atom. The van der Waals surface area contributed by atoms with Crippen LogP contribution >= 0.6 is 0 Å². The van der Waals surface area contributed by atoms with E-state index in [0.29, 0.717) is 38.3 Å². The van der Waals surface area contributed by atoms with Crippen LogP contribution in [0.5, 0.6) is 5.75 Å². The molecule has 1 aliphatic heterocycles. The van der Waals surface area contributed by atoms with Gasteiger partial charge in [0.15, 0.2) is 0 Å². The zero-order valence-electron chi connectivity index (χ0n) is 17.2. The smallest absolute Gasteiger partial charge is 0.251 e. The van der Waals surface area contributed by atoms with E-state index in [-0.39, 0.29) is 34.8 Å². The Labute approximate surface area is 182 Å². The molecule has 2 N–H and O–H groups in total. The van der Waals surface area contributed by atoms with Crippen molar-refractivity contribution in [3.63, 3.8) is 0 Å². The van der Waals surface area contributed by atoms with Gasteiger partial charge in [0.05, 0.1) is 17.6 Å². The minimum Gasteiger partial charge on any atom is -0.494 e. The Bertz CT molecular complexity index is 960. The zero-order valence-corrected chi connectivity index (χ0v) is 18.0. The molecule has 3 rings (SSSR count). The van der Waals surface area contributed by atoms with Gasteiger partial charge in [-0.25, -0.2) is 17.5 Å². The summed E-state index contributed by atoms with van der Waals surface area (Å²) in [5.41, 5.74) is 0.280. The minimum atomic E-state index is -3.72. The molecule has 0 radical (unpaired) electrons. The molecule has 168 valence electrons. The maximum Gasteiger partial charge on any atom is 0.251 e. The summed E-state index contributed by atoms with van der Waals surface area (Å²) in [6, 6.07) is 11.7. The Balaban J connectivity index is 1.41. The molecule has 0 aromatic heterocycles. The maximum atomic E-state index is 12.8. The predicted molar refractivity (Wildman–Crippen MR) is 114 cm³/mol. The van der Waals surface area contributed by atoms with E-state index in [9.17, 15) is 17.6 Å². The lowest BCUT2D eigenvalue weighted by atomic mass is 10.2. The first-order valence-corrected chi connectivity index (χ1v) is 11.8. The molecule has 0 spiro atoms. The first-order chi connectivity index (χ1) is 14.9. The summed E-state index contributed by atoms with van der Waals surface area (Å²) in [7, 11) is -3.72. The van der Waals surface area contributed by atoms with Gasteiger partial charge in [0.25, 0.3) is 5.91 Å². The van der Waals surface area contributed by atoms with Crippen LogP contribution < -0.4 is 14.8 Å². The van der Waals surface area contributed by atoms with Gasteiger partial charge in [-0.2, -0.15) is 0 Å². The largest absolute Gasteiger partial charge is 0.494 e. The Morgan fingerprint density at radius 1 is 1.16 bits per heavy atom. The topological polar surface area (TPSA) is 93.7 Å². The van der Waals surface area contributed by atoms with Gasteiger partial charge in [-0.3, -0.25) is 4.79 Å². The summed E-state index contributed by atoms with van der Waals surface area (Å²) in [5.74, 6) is -0.0577. The minimum absolute atomic E-state index is 0.0471. The second kappa shape index (κ2) is 11.2. The van der Waals surface area contributed by atoms with Crippen molar-refractivity contribution >= 4 is 15.9 Å². The molecule has 0 bridgehead atoms. The summed E-state index contributed by atoms with van der Waals surface area (Å²) >= 11 is 0. The Hall–Kier alpha value is -2.49. The van der Waals surface area contributed by atoms with Gasteiger partial charge in [0.2, 0.25) is 10.0 Å². The van der Waals surface area contributed by atoms with Crippen LogP contribution in [0.15, 0.2) is 53.4 Å². The van der Waals surface area contributed by atoms with Gasteiger partial charge in [-0.15, -0.1) is 0 Å². The number of ether oxygens (including phenoxy) is 2. The highest BCUT2D eigenvalue weighted by atomic mass is 32.2. The highest BCUT2D eigenvalue weighted by Crippen LogP contribution is 2.15. The van der Waals surface area contributed by atoms with E-state index >= 15 is 0 Å². The highest BCUT2D eigenvalue weighted by Gasteiger charge is 2.21. The van der Waals surface area contributed by atoms with Gasteiger partial charge in [0, 0.05) is 25.3 Å². The lowest BCUT2D eigenvalue weighted by Gasteiger charge is -2.12. The van der Waals surface area contributed by atoms with E-state index in [2.05, 4.69) is 10.0 Å². The number of hydrogen-bond donors (Lipinski definition) is 2. The second-order valence-corrected chi connectivity index (χ2v) is 9.05. The van der Waals surface area contributed by atoms with Crippen molar-refractivity contribution in [2.24, 2.45) is 0 Å². The summed E-state index contributed by atoms with van der Waals surface area (Å²) in [5, 5.41) is 2.78. The average Bonchev–Trinajstić information content (AvgIpc) is 3.30. The van der Waals surface area contributed by atoms with Gasteiger partial charge in [0.1, 0.15) is 11.6 Å². The maximum absolute atomic E-state index is 12.8. The molecule has 1 fully saturated rings. The lowest BCUT2D eigenvalue weighted by molar-refractivity contribution is 0.0952. The summed E-state index contributed by atoms with van der Waals surface area (Å²) in [6.07, 6.45) is 3.06. The van der Waals surface area contributed by atoms with Crippen LogP contribution in [0.3, 0.4) is 0 Å². The van der Waals surface area contributed by atoms with Gasteiger partial charge in [-0.05, 0) is 68.1 Å². The molecule has 1 atom stereocenters. The molecule has 0 aliphatic carbocycles. The fourth-order valence-corrected chi connectivity index (χ4v) is 4.26. The number of benzene rings is 2. The first kappa shape index (κ1) is 23.2. The van der Waals surface area contributed by atoms with Crippen molar-refractivity contribution in [1.29, 1.82) is 0 Å². The summed E-state index contributed by atoms with van der Waals surface area (Å²) in [4.78, 5) is 12.4. The van der Waals surface area contributed by atoms with Crippen molar-refractivity contribution in [2.75, 3.05) is 26.3 Å². The summed E-state index contributed by atoms with van der Waals surface area (Å²) in [6.45, 7) is 1.75. The number of unbranched alkanes of at least 4 members (excludes halogenated alkanes) is 1. The number of rotatable bonds is 11. The number of sulfonamides is 1. The fraction of sp³-hybridized carbons (Fsp3) is 0.409. The lowest BCUT2D eigenvalue weighted by Crippen LogP contribution is -2.32. The highest BCUT2D eigenvalue weighted by molar-refractivity contribution is 7.89. The second-order valence-electron chi connectivity index (χ2n) is 7.28. The van der Waals surface area contributed by atoms with Crippen LogP contribution in [0.1, 0.15) is 36.0 Å². The van der Waals surface area contributed by atoms with Crippen molar-refractivity contribution in [2.45, 2.75) is 36.7 Å². The van der Waals surface area contributed by atoms with Crippen molar-refractivity contribution in [3.8, 4) is 5.75 Å². The number of carbonyl (C=O) groups is 1. The molecule has 9 heteroatoms. The van der Waals surface area contributed by atoms with Crippen LogP contribution in [0, 0.1) is 5.82 Å². The molecule has 31 heavy (non-hydrogen) atoms. The zero-order chi connectivity index (χ0) is 22.1. The van der Waals surface area contributed by atoms with E-state index in [1.54, 1.807) is 24.3 Å². The molecular weight excluding hydrogens is 423 g/mol. The first-order valence-electron chi connectivity index (χ1n) is 10.3. The molecule has 7 nitrogen and oxygen atoms in total. The van der Waals surface area contributed by atoms with Crippen molar-refractivity contribution in [1.82, 2.24) is 10.0 Å². The van der Waals surface area contributed by atoms with E-state index in [1.807, 2.05) is 0 Å². The number of nitrogens with one attached hydrogen (secondary N) is 2. The number of halogens is 1. The molecule has 1 heterocycles. The molecular formula is C22H27FN2O5S. The van der Waals surface area contributed by atoms with Crippen LogP contribution in [0.25, 0.3) is 0 Å².